The van der Waals surface area contributed by atoms with Crippen LogP contribution in [0.2, 0.25) is 0 Å². The molecule has 3 rings (SSSR count). The van der Waals surface area contributed by atoms with Gasteiger partial charge in [0.05, 0.1) is 18.8 Å². The van der Waals surface area contributed by atoms with Gasteiger partial charge in [0.2, 0.25) is 6.29 Å². The quantitative estimate of drug-likeness (QED) is 0.112. The first-order valence-electron chi connectivity index (χ1n) is 11.5. The predicted octanol–water partition coefficient (Wildman–Crippen LogP) is -8.38. The maximum absolute atomic E-state index is 10.8. The number of guanidine groups is 1. The first-order valence-corrected chi connectivity index (χ1v) is 11.5. The number of hydrogen-bond acceptors (Lipinski definition) is 12. The van der Waals surface area contributed by atoms with E-state index in [1.165, 1.54) is 6.92 Å². The second-order valence-electron chi connectivity index (χ2n) is 9.50. The molecule has 18 N–H and O–H groups in total. The van der Waals surface area contributed by atoms with Crippen molar-refractivity contribution < 1.29 is 61.1 Å². The van der Waals surface area contributed by atoms with Crippen LogP contribution in [-0.2, 0) is 18.9 Å². The molecule has 35 heavy (non-hydrogen) atoms. The molecule has 0 amide bonds. The Morgan fingerprint density at radius 1 is 0.943 bits per heavy atom. The van der Waals surface area contributed by atoms with Crippen LogP contribution in [0.15, 0.2) is 4.99 Å². The average molecular weight is 513 g/mol. The second-order valence-corrected chi connectivity index (χ2v) is 9.50. The number of aliphatic imine (C=N–C) groups is 1. The summed E-state index contributed by atoms with van der Waals surface area (Å²) in [6.07, 6.45) is -14.7. The molecule has 0 aromatic heterocycles. The van der Waals surface area contributed by atoms with Crippen molar-refractivity contribution in [1.82, 2.24) is 0 Å². The van der Waals surface area contributed by atoms with Crippen molar-refractivity contribution in [3.63, 3.8) is 0 Å². The predicted molar refractivity (Wildman–Crippen MR) is 115 cm³/mol. The van der Waals surface area contributed by atoms with Crippen LogP contribution in [-0.4, -0.2) is 135 Å². The SMILES string of the molecule is C[C@@H](O)C1O[C@H](O[C@@H]2C([NH3+])C[C@@H](N)C(O)[C@H]2O[C@@H]2O[C@H](CN=C(N)N)[C@H](O)C2O)C([NH3+])[C@@H](O)[C@@H]1O. The number of nitrogens with two attached hydrogens (primary N) is 3. The molecule has 2 saturated heterocycles. The fourth-order valence-corrected chi connectivity index (χ4v) is 4.64. The Bertz CT molecular complexity index is 732. The zero-order valence-corrected chi connectivity index (χ0v) is 19.5. The maximum atomic E-state index is 10.8. The third-order valence-corrected chi connectivity index (χ3v) is 6.74. The van der Waals surface area contributed by atoms with Gasteiger partial charge >= 0.3 is 0 Å². The highest BCUT2D eigenvalue weighted by molar-refractivity contribution is 5.75. The highest BCUT2D eigenvalue weighted by atomic mass is 16.7. The van der Waals surface area contributed by atoms with E-state index in [0.717, 1.165) is 0 Å². The number of rotatable bonds is 7. The van der Waals surface area contributed by atoms with Gasteiger partial charge in [0.25, 0.3) is 0 Å². The van der Waals surface area contributed by atoms with Crippen molar-refractivity contribution in [2.24, 2.45) is 22.2 Å². The standard InChI is InChI=1S/C19H38N6O10/c1-4(26)14-12(30)11(29)8(22)17(33-14)34-15-6(21)2-5(20)9(27)16(15)35-18-13(31)10(28)7(32-18)3-25-19(23)24/h4-18,26-31H,2-3,20-22H2,1H3,(H4,23,24,25)/p+2/t4-,5-,6?,7-,8?,9?,10+,11-,12+,13?,14?,15-,16-,17-,18+/m1/s1. The number of nitrogens with zero attached hydrogens (tertiary/aromatic N) is 1. The molecule has 1 aliphatic carbocycles. The summed E-state index contributed by atoms with van der Waals surface area (Å²) in [5, 5.41) is 62.1. The third-order valence-electron chi connectivity index (χ3n) is 6.74. The average Bonchev–Trinajstić information content (AvgIpc) is 3.05. The Hall–Kier alpha value is -1.25. The molecule has 204 valence electrons. The summed E-state index contributed by atoms with van der Waals surface area (Å²) < 4.78 is 23.2. The van der Waals surface area contributed by atoms with Gasteiger partial charge in [-0.25, -0.2) is 0 Å². The van der Waals surface area contributed by atoms with E-state index in [1.807, 2.05) is 0 Å². The van der Waals surface area contributed by atoms with E-state index in [9.17, 15) is 30.6 Å². The molecule has 15 atom stereocenters. The van der Waals surface area contributed by atoms with Crippen molar-refractivity contribution in [3.8, 4) is 0 Å². The molecule has 16 heteroatoms. The Morgan fingerprint density at radius 3 is 2.17 bits per heavy atom. The van der Waals surface area contributed by atoms with Gasteiger partial charge in [0.15, 0.2) is 18.3 Å². The molecule has 3 fully saturated rings. The number of hydrogen-bond donors (Lipinski definition) is 11. The fraction of sp³-hybridized carbons (Fsp3) is 0.947. The Kier molecular flexibility index (Phi) is 9.25. The van der Waals surface area contributed by atoms with Crippen LogP contribution >= 0.6 is 0 Å². The summed E-state index contributed by atoms with van der Waals surface area (Å²) in [5.41, 5.74) is 24.5. The summed E-state index contributed by atoms with van der Waals surface area (Å²) >= 11 is 0. The van der Waals surface area contributed by atoms with Crippen LogP contribution in [0.3, 0.4) is 0 Å². The van der Waals surface area contributed by atoms with Crippen LogP contribution in [0.5, 0.6) is 0 Å². The normalized spacial score (nSPS) is 49.5. The topological polar surface area (TPSA) is 304 Å². The number of ether oxygens (including phenoxy) is 4. The molecular weight excluding hydrogens is 472 g/mol. The number of aliphatic hydroxyl groups is 6. The Labute approximate surface area is 201 Å². The molecule has 2 aliphatic heterocycles. The lowest BCUT2D eigenvalue weighted by Gasteiger charge is -2.45. The summed E-state index contributed by atoms with van der Waals surface area (Å²) in [4.78, 5) is 3.78. The van der Waals surface area contributed by atoms with E-state index in [1.54, 1.807) is 0 Å². The highest BCUT2D eigenvalue weighted by Gasteiger charge is 2.54. The molecular formula is C19H40N6O10+2. The first kappa shape index (κ1) is 28.3. The third kappa shape index (κ3) is 6.02. The fourth-order valence-electron chi connectivity index (χ4n) is 4.64. The molecule has 2 heterocycles. The van der Waals surface area contributed by atoms with Crippen molar-refractivity contribution in [2.75, 3.05) is 6.54 Å². The van der Waals surface area contributed by atoms with Gasteiger partial charge in [-0.15, -0.1) is 0 Å². The van der Waals surface area contributed by atoms with E-state index >= 15 is 0 Å². The van der Waals surface area contributed by atoms with Gasteiger partial charge in [-0.1, -0.05) is 0 Å². The summed E-state index contributed by atoms with van der Waals surface area (Å²) in [5.74, 6) is -0.222. The van der Waals surface area contributed by atoms with Gasteiger partial charge < -0.3 is 78.3 Å². The first-order chi connectivity index (χ1) is 16.3. The summed E-state index contributed by atoms with van der Waals surface area (Å²) in [6.45, 7) is 1.26. The summed E-state index contributed by atoms with van der Waals surface area (Å²) in [7, 11) is 0. The number of aliphatic hydroxyl groups excluding tert-OH is 6. The van der Waals surface area contributed by atoms with Gasteiger partial charge in [0.1, 0.15) is 54.9 Å². The lowest BCUT2D eigenvalue weighted by atomic mass is 9.84. The van der Waals surface area contributed by atoms with Crippen LogP contribution < -0.4 is 28.7 Å². The molecule has 5 unspecified atom stereocenters. The van der Waals surface area contributed by atoms with Gasteiger partial charge in [0, 0.05) is 12.5 Å². The van der Waals surface area contributed by atoms with Crippen molar-refractivity contribution in [3.05, 3.63) is 0 Å². The van der Waals surface area contributed by atoms with Gasteiger partial charge in [-0.3, -0.25) is 4.99 Å². The minimum absolute atomic E-state index is 0.134. The smallest absolute Gasteiger partial charge is 0.214 e. The van der Waals surface area contributed by atoms with Crippen molar-refractivity contribution >= 4 is 5.96 Å². The molecule has 0 aromatic carbocycles. The molecule has 0 spiro atoms. The zero-order valence-electron chi connectivity index (χ0n) is 19.5. The summed E-state index contributed by atoms with van der Waals surface area (Å²) in [6, 6.07) is -2.24. The second kappa shape index (κ2) is 11.4. The monoisotopic (exact) mass is 512 g/mol. The zero-order chi connectivity index (χ0) is 26.2. The van der Waals surface area contributed by atoms with E-state index in [2.05, 4.69) is 16.5 Å². The van der Waals surface area contributed by atoms with Crippen molar-refractivity contribution in [2.45, 2.75) is 105 Å². The van der Waals surface area contributed by atoms with Crippen LogP contribution in [0, 0.1) is 0 Å². The molecule has 0 aromatic rings. The molecule has 3 aliphatic rings. The maximum Gasteiger partial charge on any atom is 0.214 e. The minimum Gasteiger partial charge on any atom is -0.391 e. The van der Waals surface area contributed by atoms with Crippen molar-refractivity contribution in [1.29, 1.82) is 0 Å². The van der Waals surface area contributed by atoms with Crippen LogP contribution in [0.25, 0.3) is 0 Å². The lowest BCUT2D eigenvalue weighted by Crippen LogP contribution is -2.81. The van der Waals surface area contributed by atoms with E-state index in [4.69, 9.17) is 36.1 Å². The molecule has 1 saturated carbocycles. The lowest BCUT2D eigenvalue weighted by molar-refractivity contribution is -0.519. The minimum atomic E-state index is -1.49. The van der Waals surface area contributed by atoms with Crippen LogP contribution in [0.1, 0.15) is 13.3 Å². The number of quaternary nitrogens is 2. The Morgan fingerprint density at radius 2 is 1.57 bits per heavy atom. The van der Waals surface area contributed by atoms with Crippen LogP contribution in [0.4, 0.5) is 0 Å². The Balaban J connectivity index is 1.78. The molecule has 0 radical (unpaired) electrons. The molecule has 0 bridgehead atoms. The van der Waals surface area contributed by atoms with E-state index in [0.29, 0.717) is 0 Å². The molecule has 16 nitrogen and oxygen atoms in total. The van der Waals surface area contributed by atoms with E-state index in [-0.39, 0.29) is 18.9 Å². The largest absolute Gasteiger partial charge is 0.391 e. The van der Waals surface area contributed by atoms with Gasteiger partial charge in [-0.2, -0.15) is 0 Å². The highest BCUT2D eigenvalue weighted by Crippen LogP contribution is 2.32. The van der Waals surface area contributed by atoms with Gasteiger partial charge in [-0.05, 0) is 6.92 Å². The van der Waals surface area contributed by atoms with E-state index < -0.39 is 91.7 Å².